The normalized spacial score (nSPS) is 11.6. The number of rotatable bonds is 13. The molecule has 4 nitrogen and oxygen atoms in total. The molecular formula is C29H33ClN2O2S. The third kappa shape index (κ3) is 9.08. The van der Waals surface area contributed by atoms with E-state index >= 15 is 0 Å². The molecule has 0 radical (unpaired) electrons. The highest BCUT2D eigenvalue weighted by Gasteiger charge is 2.30. The van der Waals surface area contributed by atoms with Crippen LogP contribution in [0.5, 0.6) is 0 Å². The lowest BCUT2D eigenvalue weighted by Crippen LogP contribution is -2.50. The second-order valence-corrected chi connectivity index (χ2v) is 9.98. The SMILES string of the molecule is CCCNC(=O)C(Cc1ccccc1)N(Cc1cccc(Cl)c1)C(=O)CCSCc1ccccc1. The predicted octanol–water partition coefficient (Wildman–Crippen LogP) is 6.13. The van der Waals surface area contributed by atoms with Gasteiger partial charge < -0.3 is 10.2 Å². The number of carbonyl (C=O) groups excluding carboxylic acids is 2. The lowest BCUT2D eigenvalue weighted by Gasteiger charge is -2.31. The Kier molecular flexibility index (Phi) is 11.2. The summed E-state index contributed by atoms with van der Waals surface area (Å²) in [6.45, 7) is 2.93. The molecule has 2 amide bonds. The lowest BCUT2D eigenvalue weighted by atomic mass is 10.0. The molecule has 6 heteroatoms. The van der Waals surface area contributed by atoms with Gasteiger partial charge in [0.05, 0.1) is 0 Å². The van der Waals surface area contributed by atoms with Gasteiger partial charge in [0.25, 0.3) is 0 Å². The number of halogens is 1. The van der Waals surface area contributed by atoms with Crippen molar-refractivity contribution < 1.29 is 9.59 Å². The third-order valence-electron chi connectivity index (χ3n) is 5.63. The van der Waals surface area contributed by atoms with Gasteiger partial charge in [-0.2, -0.15) is 11.8 Å². The first-order valence-electron chi connectivity index (χ1n) is 12.0. The summed E-state index contributed by atoms with van der Waals surface area (Å²) in [5.41, 5.74) is 3.16. The fourth-order valence-corrected chi connectivity index (χ4v) is 4.92. The number of benzene rings is 3. The summed E-state index contributed by atoms with van der Waals surface area (Å²) in [6.07, 6.45) is 1.66. The van der Waals surface area contributed by atoms with E-state index in [2.05, 4.69) is 17.4 Å². The maximum Gasteiger partial charge on any atom is 0.243 e. The van der Waals surface area contributed by atoms with Crippen molar-refractivity contribution in [1.82, 2.24) is 10.2 Å². The highest BCUT2D eigenvalue weighted by molar-refractivity contribution is 7.98. The fourth-order valence-electron chi connectivity index (χ4n) is 3.82. The van der Waals surface area contributed by atoms with Crippen molar-refractivity contribution in [2.75, 3.05) is 12.3 Å². The van der Waals surface area contributed by atoms with Crippen LogP contribution in [0, 0.1) is 0 Å². The van der Waals surface area contributed by atoms with Crippen LogP contribution in [0.3, 0.4) is 0 Å². The minimum absolute atomic E-state index is 0.0295. The second kappa shape index (κ2) is 14.6. The van der Waals surface area contributed by atoms with Crippen LogP contribution in [0.2, 0.25) is 5.02 Å². The Morgan fingerprint density at radius 1 is 0.914 bits per heavy atom. The fraction of sp³-hybridized carbons (Fsp3) is 0.310. The van der Waals surface area contributed by atoms with Gasteiger partial charge in [0.2, 0.25) is 11.8 Å². The quantitative estimate of drug-likeness (QED) is 0.282. The van der Waals surface area contributed by atoms with Gasteiger partial charge in [-0.1, -0.05) is 91.3 Å². The molecule has 35 heavy (non-hydrogen) atoms. The Labute approximate surface area is 218 Å². The molecule has 3 aromatic carbocycles. The maximum atomic E-state index is 13.6. The molecular weight excluding hydrogens is 476 g/mol. The van der Waals surface area contributed by atoms with E-state index in [9.17, 15) is 9.59 Å². The third-order valence-corrected chi connectivity index (χ3v) is 6.90. The number of hydrogen-bond acceptors (Lipinski definition) is 3. The van der Waals surface area contributed by atoms with E-state index < -0.39 is 6.04 Å². The van der Waals surface area contributed by atoms with Crippen molar-refractivity contribution in [2.24, 2.45) is 0 Å². The second-order valence-electron chi connectivity index (χ2n) is 8.44. The first-order chi connectivity index (χ1) is 17.1. The van der Waals surface area contributed by atoms with Gasteiger partial charge >= 0.3 is 0 Å². The van der Waals surface area contributed by atoms with E-state index in [0.717, 1.165) is 23.3 Å². The molecule has 0 aliphatic heterocycles. The smallest absolute Gasteiger partial charge is 0.243 e. The number of hydrogen-bond donors (Lipinski definition) is 1. The molecule has 0 spiro atoms. The van der Waals surface area contributed by atoms with Crippen LogP contribution in [0.25, 0.3) is 0 Å². The first kappa shape index (κ1) is 26.8. The van der Waals surface area contributed by atoms with Gasteiger partial charge in [0.1, 0.15) is 6.04 Å². The highest BCUT2D eigenvalue weighted by Crippen LogP contribution is 2.20. The van der Waals surface area contributed by atoms with Gasteiger partial charge in [-0.15, -0.1) is 0 Å². The van der Waals surface area contributed by atoms with Gasteiger partial charge in [-0.3, -0.25) is 9.59 Å². The lowest BCUT2D eigenvalue weighted by molar-refractivity contribution is -0.141. The molecule has 0 heterocycles. The molecule has 1 atom stereocenters. The molecule has 0 aliphatic carbocycles. The van der Waals surface area contributed by atoms with E-state index in [1.807, 2.05) is 79.7 Å². The van der Waals surface area contributed by atoms with Gasteiger partial charge in [-0.05, 0) is 35.2 Å². The molecule has 0 saturated heterocycles. The van der Waals surface area contributed by atoms with Gasteiger partial charge in [0, 0.05) is 42.5 Å². The van der Waals surface area contributed by atoms with Crippen LogP contribution in [0.4, 0.5) is 0 Å². The highest BCUT2D eigenvalue weighted by atomic mass is 35.5. The van der Waals surface area contributed by atoms with Crippen LogP contribution in [-0.4, -0.2) is 35.1 Å². The largest absolute Gasteiger partial charge is 0.354 e. The Morgan fingerprint density at radius 3 is 2.23 bits per heavy atom. The van der Waals surface area contributed by atoms with Crippen molar-refractivity contribution in [1.29, 1.82) is 0 Å². The Hall–Kier alpha value is -2.76. The number of carbonyl (C=O) groups is 2. The molecule has 1 N–H and O–H groups in total. The molecule has 1 unspecified atom stereocenters. The minimum atomic E-state index is -0.602. The average molecular weight is 509 g/mol. The van der Waals surface area contributed by atoms with Crippen molar-refractivity contribution >= 4 is 35.2 Å². The molecule has 0 aromatic heterocycles. The Morgan fingerprint density at radius 2 is 1.57 bits per heavy atom. The summed E-state index contributed by atoms with van der Waals surface area (Å²) >= 11 is 7.95. The van der Waals surface area contributed by atoms with Crippen LogP contribution in [0.1, 0.15) is 36.5 Å². The number of nitrogens with zero attached hydrogens (tertiary/aromatic N) is 1. The summed E-state index contributed by atoms with van der Waals surface area (Å²) in [7, 11) is 0. The molecule has 0 bridgehead atoms. The maximum absolute atomic E-state index is 13.6. The summed E-state index contributed by atoms with van der Waals surface area (Å²) in [6, 6.07) is 27.0. The summed E-state index contributed by atoms with van der Waals surface area (Å²) in [5.74, 6) is 1.39. The Bertz CT molecular complexity index is 1060. The van der Waals surface area contributed by atoms with E-state index in [4.69, 9.17) is 11.6 Å². The average Bonchev–Trinajstić information content (AvgIpc) is 2.88. The van der Waals surface area contributed by atoms with Crippen LogP contribution in [-0.2, 0) is 28.3 Å². The molecule has 0 saturated carbocycles. The van der Waals surface area contributed by atoms with Crippen LogP contribution >= 0.6 is 23.4 Å². The monoisotopic (exact) mass is 508 g/mol. The van der Waals surface area contributed by atoms with Crippen molar-refractivity contribution in [3.8, 4) is 0 Å². The molecule has 184 valence electrons. The van der Waals surface area contributed by atoms with E-state index in [1.54, 1.807) is 16.7 Å². The topological polar surface area (TPSA) is 49.4 Å². The van der Waals surface area contributed by atoms with Gasteiger partial charge in [-0.25, -0.2) is 0 Å². The van der Waals surface area contributed by atoms with Crippen molar-refractivity contribution in [2.45, 2.75) is 44.5 Å². The number of nitrogens with one attached hydrogen (secondary N) is 1. The van der Waals surface area contributed by atoms with E-state index in [-0.39, 0.29) is 11.8 Å². The predicted molar refractivity (Wildman–Crippen MR) is 146 cm³/mol. The zero-order valence-electron chi connectivity index (χ0n) is 20.2. The minimum Gasteiger partial charge on any atom is -0.354 e. The molecule has 0 fully saturated rings. The zero-order chi connectivity index (χ0) is 24.9. The first-order valence-corrected chi connectivity index (χ1v) is 13.6. The summed E-state index contributed by atoms with van der Waals surface area (Å²) < 4.78 is 0. The summed E-state index contributed by atoms with van der Waals surface area (Å²) in [4.78, 5) is 28.6. The van der Waals surface area contributed by atoms with Crippen LogP contribution in [0.15, 0.2) is 84.9 Å². The van der Waals surface area contributed by atoms with E-state index in [0.29, 0.717) is 36.7 Å². The number of thioether (sulfide) groups is 1. The summed E-state index contributed by atoms with van der Waals surface area (Å²) in [5, 5.41) is 3.62. The Balaban J connectivity index is 1.78. The molecule has 3 aromatic rings. The van der Waals surface area contributed by atoms with Gasteiger partial charge in [0.15, 0.2) is 0 Å². The number of amides is 2. The van der Waals surface area contributed by atoms with Crippen molar-refractivity contribution in [3.05, 3.63) is 107 Å². The van der Waals surface area contributed by atoms with E-state index in [1.165, 1.54) is 5.56 Å². The zero-order valence-corrected chi connectivity index (χ0v) is 21.7. The van der Waals surface area contributed by atoms with Crippen molar-refractivity contribution in [3.63, 3.8) is 0 Å². The standard InChI is InChI=1S/C29H33ClN2O2S/c1-2-17-31-29(34)27(20-23-10-5-3-6-11-23)32(21-25-14-9-15-26(30)19-25)28(33)16-18-35-22-24-12-7-4-8-13-24/h3-15,19,27H,2,16-18,20-22H2,1H3,(H,31,34). The van der Waals surface area contributed by atoms with Crippen LogP contribution < -0.4 is 5.32 Å². The molecule has 0 aliphatic rings. The molecule has 3 rings (SSSR count).